The van der Waals surface area contributed by atoms with Crippen molar-refractivity contribution in [2.75, 3.05) is 5.32 Å². The second kappa shape index (κ2) is 6.90. The summed E-state index contributed by atoms with van der Waals surface area (Å²) < 4.78 is 0.894. The smallest absolute Gasteiger partial charge is 0.266 e. The Morgan fingerprint density at radius 1 is 1.19 bits per heavy atom. The van der Waals surface area contributed by atoms with E-state index >= 15 is 0 Å². The lowest BCUT2D eigenvalue weighted by Crippen LogP contribution is -2.14. The molecule has 0 atom stereocenters. The Kier molecular flexibility index (Phi) is 4.95. The Bertz CT molecular complexity index is 731. The molecule has 0 saturated carbocycles. The number of rotatable bonds is 3. The van der Waals surface area contributed by atoms with Crippen LogP contribution >= 0.6 is 22.6 Å². The van der Waals surface area contributed by atoms with E-state index < -0.39 is 5.91 Å². The normalized spacial score (nSPS) is 10.8. The third kappa shape index (κ3) is 4.07. The van der Waals surface area contributed by atoms with Crippen molar-refractivity contribution < 1.29 is 9.90 Å². The molecule has 0 aliphatic rings. The van der Waals surface area contributed by atoms with Gasteiger partial charge in [0.1, 0.15) is 17.4 Å². The number of anilines is 1. The predicted molar refractivity (Wildman–Crippen MR) is 89.5 cm³/mol. The van der Waals surface area contributed by atoms with Gasteiger partial charge in [0, 0.05) is 3.57 Å². The lowest BCUT2D eigenvalue weighted by atomic mass is 10.1. The van der Waals surface area contributed by atoms with Crippen LogP contribution in [-0.2, 0) is 4.79 Å². The number of hydrogen-bond acceptors (Lipinski definition) is 3. The standard InChI is InChI=1S/C16H11IN2O2/c17-14-3-1-2-4-15(14)19-16(21)12(10-18)9-11-5-7-13(20)8-6-11/h1-9,20H,(H,19,21)/b12-9+. The summed E-state index contributed by atoms with van der Waals surface area (Å²) in [4.78, 5) is 12.1. The number of halogens is 1. The van der Waals surface area contributed by atoms with E-state index in [-0.39, 0.29) is 11.3 Å². The molecule has 4 nitrogen and oxygen atoms in total. The van der Waals surface area contributed by atoms with E-state index in [1.54, 1.807) is 18.2 Å². The van der Waals surface area contributed by atoms with Crippen LogP contribution in [0.2, 0.25) is 0 Å². The molecule has 0 radical (unpaired) electrons. The number of phenolic OH excluding ortho intramolecular Hbond substituents is 1. The van der Waals surface area contributed by atoms with Gasteiger partial charge in [0.15, 0.2) is 0 Å². The van der Waals surface area contributed by atoms with Gasteiger partial charge in [-0.15, -0.1) is 0 Å². The maximum atomic E-state index is 12.1. The van der Waals surface area contributed by atoms with E-state index in [0.29, 0.717) is 11.3 Å². The maximum absolute atomic E-state index is 12.1. The highest BCUT2D eigenvalue weighted by atomic mass is 127. The van der Waals surface area contributed by atoms with Gasteiger partial charge in [-0.1, -0.05) is 24.3 Å². The van der Waals surface area contributed by atoms with Crippen LogP contribution in [0.4, 0.5) is 5.69 Å². The zero-order chi connectivity index (χ0) is 15.2. The fraction of sp³-hybridized carbons (Fsp3) is 0. The highest BCUT2D eigenvalue weighted by Crippen LogP contribution is 2.18. The van der Waals surface area contributed by atoms with Crippen molar-refractivity contribution >= 4 is 40.3 Å². The van der Waals surface area contributed by atoms with Crippen molar-refractivity contribution in [1.82, 2.24) is 0 Å². The average Bonchev–Trinajstić information content (AvgIpc) is 2.49. The Morgan fingerprint density at radius 2 is 1.86 bits per heavy atom. The first-order chi connectivity index (χ1) is 10.1. The number of hydrogen-bond donors (Lipinski definition) is 2. The van der Waals surface area contributed by atoms with Gasteiger partial charge in [-0.2, -0.15) is 5.26 Å². The minimum Gasteiger partial charge on any atom is -0.508 e. The van der Waals surface area contributed by atoms with Crippen molar-refractivity contribution in [2.45, 2.75) is 0 Å². The molecule has 2 rings (SSSR count). The largest absolute Gasteiger partial charge is 0.508 e. The van der Waals surface area contributed by atoms with Gasteiger partial charge in [-0.05, 0) is 58.5 Å². The number of nitriles is 1. The molecule has 5 heteroatoms. The van der Waals surface area contributed by atoms with Crippen LogP contribution in [0.1, 0.15) is 5.56 Å². The van der Waals surface area contributed by atoms with Gasteiger partial charge in [0.2, 0.25) is 0 Å². The summed E-state index contributed by atoms with van der Waals surface area (Å²) in [7, 11) is 0. The minimum absolute atomic E-state index is 0.000317. The van der Waals surface area contributed by atoms with Crippen LogP contribution in [0.25, 0.3) is 6.08 Å². The first-order valence-corrected chi connectivity index (χ1v) is 7.15. The first kappa shape index (κ1) is 15.1. The predicted octanol–water partition coefficient (Wildman–Crippen LogP) is 3.54. The second-order valence-electron chi connectivity index (χ2n) is 4.20. The van der Waals surface area contributed by atoms with Gasteiger partial charge < -0.3 is 10.4 Å². The zero-order valence-corrected chi connectivity index (χ0v) is 13.0. The fourth-order valence-electron chi connectivity index (χ4n) is 1.64. The van der Waals surface area contributed by atoms with E-state index in [1.165, 1.54) is 18.2 Å². The Hall–Kier alpha value is -2.33. The lowest BCUT2D eigenvalue weighted by Gasteiger charge is -2.06. The SMILES string of the molecule is N#C/C(=C\c1ccc(O)cc1)C(=O)Nc1ccccc1I. The summed E-state index contributed by atoms with van der Waals surface area (Å²) in [6.45, 7) is 0. The highest BCUT2D eigenvalue weighted by molar-refractivity contribution is 14.1. The molecule has 2 aromatic carbocycles. The van der Waals surface area contributed by atoms with Crippen LogP contribution in [0.3, 0.4) is 0 Å². The molecule has 0 fully saturated rings. The molecule has 2 N–H and O–H groups in total. The molecule has 0 heterocycles. The molecule has 0 aromatic heterocycles. The molecular weight excluding hydrogens is 379 g/mol. The van der Waals surface area contributed by atoms with Gasteiger partial charge in [-0.3, -0.25) is 4.79 Å². The van der Waals surface area contributed by atoms with E-state index in [1.807, 2.05) is 24.3 Å². The summed E-state index contributed by atoms with van der Waals surface area (Å²) in [6.07, 6.45) is 1.48. The third-order valence-corrected chi connectivity index (χ3v) is 3.63. The molecule has 21 heavy (non-hydrogen) atoms. The van der Waals surface area contributed by atoms with Gasteiger partial charge in [0.25, 0.3) is 5.91 Å². The lowest BCUT2D eigenvalue weighted by molar-refractivity contribution is -0.112. The molecule has 1 amide bonds. The van der Waals surface area contributed by atoms with E-state index in [0.717, 1.165) is 3.57 Å². The highest BCUT2D eigenvalue weighted by Gasteiger charge is 2.10. The average molecular weight is 390 g/mol. The number of nitrogens with one attached hydrogen (secondary N) is 1. The van der Waals surface area contributed by atoms with Crippen molar-refractivity contribution in [3.05, 3.63) is 63.2 Å². The van der Waals surface area contributed by atoms with Gasteiger partial charge >= 0.3 is 0 Å². The van der Waals surface area contributed by atoms with Crippen molar-refractivity contribution in [3.8, 4) is 11.8 Å². The van der Waals surface area contributed by atoms with Crippen molar-refractivity contribution in [1.29, 1.82) is 5.26 Å². The van der Waals surface area contributed by atoms with Crippen LogP contribution in [0, 0.1) is 14.9 Å². The first-order valence-electron chi connectivity index (χ1n) is 6.07. The molecule has 0 spiro atoms. The van der Waals surface area contributed by atoms with Crippen molar-refractivity contribution in [2.24, 2.45) is 0 Å². The van der Waals surface area contributed by atoms with E-state index in [2.05, 4.69) is 27.9 Å². The van der Waals surface area contributed by atoms with Crippen LogP contribution in [0.15, 0.2) is 54.1 Å². The molecule has 2 aromatic rings. The molecule has 104 valence electrons. The van der Waals surface area contributed by atoms with Crippen molar-refractivity contribution in [3.63, 3.8) is 0 Å². The number of carbonyl (C=O) groups excluding carboxylic acids is 1. The van der Waals surface area contributed by atoms with E-state index in [9.17, 15) is 9.90 Å². The number of para-hydroxylation sites is 1. The Labute approximate surface area is 135 Å². The third-order valence-electron chi connectivity index (χ3n) is 2.69. The molecule has 0 aliphatic heterocycles. The maximum Gasteiger partial charge on any atom is 0.266 e. The summed E-state index contributed by atoms with van der Waals surface area (Å²) in [5.41, 5.74) is 1.33. The molecule has 0 aliphatic carbocycles. The van der Waals surface area contributed by atoms with Crippen LogP contribution < -0.4 is 5.32 Å². The Morgan fingerprint density at radius 3 is 2.48 bits per heavy atom. The second-order valence-corrected chi connectivity index (χ2v) is 5.36. The minimum atomic E-state index is -0.463. The number of carbonyl (C=O) groups is 1. The number of phenols is 1. The zero-order valence-electron chi connectivity index (χ0n) is 10.9. The van der Waals surface area contributed by atoms with Gasteiger partial charge in [-0.25, -0.2) is 0 Å². The number of benzene rings is 2. The molecule has 0 unspecified atom stereocenters. The number of aromatic hydroxyl groups is 1. The summed E-state index contributed by atoms with van der Waals surface area (Å²) >= 11 is 2.11. The van der Waals surface area contributed by atoms with E-state index in [4.69, 9.17) is 5.26 Å². The monoisotopic (exact) mass is 390 g/mol. The molecule has 0 bridgehead atoms. The molecule has 0 saturated heterocycles. The summed E-state index contributed by atoms with van der Waals surface area (Å²) in [5, 5.41) is 21.1. The van der Waals surface area contributed by atoms with Gasteiger partial charge in [0.05, 0.1) is 5.69 Å². The summed E-state index contributed by atoms with van der Waals surface area (Å²) in [6, 6.07) is 15.5. The van der Waals surface area contributed by atoms with Crippen LogP contribution in [0.5, 0.6) is 5.75 Å². The quantitative estimate of drug-likeness (QED) is 0.479. The number of nitrogens with zero attached hydrogens (tertiary/aromatic N) is 1. The fourth-order valence-corrected chi connectivity index (χ4v) is 2.16. The Balaban J connectivity index is 2.21. The number of amides is 1. The topological polar surface area (TPSA) is 73.1 Å². The van der Waals surface area contributed by atoms with Crippen LogP contribution in [-0.4, -0.2) is 11.0 Å². The summed E-state index contributed by atoms with van der Waals surface area (Å²) in [5.74, 6) is -0.330. The molecular formula is C16H11IN2O2.